The first-order chi connectivity index (χ1) is 28.7. The second-order valence-electron chi connectivity index (χ2n) is 14.7. The van der Waals surface area contributed by atoms with E-state index in [-0.39, 0.29) is 0 Å². The molecule has 0 aliphatic heterocycles. The third-order valence-electron chi connectivity index (χ3n) is 11.3. The minimum absolute atomic E-state index is 0.581. The number of benzene rings is 8. The maximum Gasteiger partial charge on any atom is 0.164 e. The highest BCUT2D eigenvalue weighted by Gasteiger charge is 2.18. The van der Waals surface area contributed by atoms with Gasteiger partial charge in [-0.2, -0.15) is 0 Å². The SMILES string of the molecule is c1cc(-c2nc(-c3ccc(-c4cccc5ccccc45)cc3)nc(-c3ccc4oc5cnccc5c4c3)n2)cc(-n2c3ccccc3c3c4ccccc4ccc32)c1. The molecule has 12 rings (SSSR count). The molecule has 0 bridgehead atoms. The summed E-state index contributed by atoms with van der Waals surface area (Å²) in [5.74, 6) is 1.77. The van der Waals surface area contributed by atoms with Gasteiger partial charge >= 0.3 is 0 Å². The van der Waals surface area contributed by atoms with Crippen LogP contribution in [0.25, 0.3) is 116 Å². The van der Waals surface area contributed by atoms with E-state index >= 15 is 0 Å². The molecule has 12 aromatic rings. The molecule has 0 aliphatic carbocycles. The van der Waals surface area contributed by atoms with Crippen molar-refractivity contribution in [1.82, 2.24) is 24.5 Å². The molecule has 4 aromatic heterocycles. The van der Waals surface area contributed by atoms with E-state index in [2.05, 4.69) is 167 Å². The smallest absolute Gasteiger partial charge is 0.164 e. The molecule has 0 amide bonds. The maximum absolute atomic E-state index is 6.12. The van der Waals surface area contributed by atoms with Crippen molar-refractivity contribution in [2.45, 2.75) is 0 Å². The van der Waals surface area contributed by atoms with Crippen LogP contribution >= 0.6 is 0 Å². The molecule has 0 aliphatic rings. The van der Waals surface area contributed by atoms with Crippen LogP contribution in [0.2, 0.25) is 0 Å². The third kappa shape index (κ3) is 5.12. The van der Waals surface area contributed by atoms with E-state index in [9.17, 15) is 0 Å². The van der Waals surface area contributed by atoms with Crippen molar-refractivity contribution in [2.24, 2.45) is 0 Å². The summed E-state index contributed by atoms with van der Waals surface area (Å²) in [4.78, 5) is 19.8. The Morgan fingerprint density at radius 1 is 0.397 bits per heavy atom. The summed E-state index contributed by atoms with van der Waals surface area (Å²) in [6.45, 7) is 0. The Morgan fingerprint density at radius 2 is 1.05 bits per heavy atom. The fourth-order valence-corrected chi connectivity index (χ4v) is 8.61. The van der Waals surface area contributed by atoms with Crippen molar-refractivity contribution in [3.8, 4) is 51.0 Å². The van der Waals surface area contributed by atoms with Gasteiger partial charge in [0.25, 0.3) is 0 Å². The molecule has 0 unspecified atom stereocenters. The standard InChI is InChI=1S/C52H31N5O/c1-3-14-39-32(9-1)11-8-17-40(39)34-19-21-35(22-20-34)50-54-51(56-52(55-50)37-24-26-47-44(30-37)42-27-28-53-31-48(42)58-47)36-12-7-13-38(29-36)57-45-18-6-5-16-43(45)49-41-15-4-2-10-33(41)23-25-46(49)57/h1-31H. The molecule has 0 spiro atoms. The van der Waals surface area contributed by atoms with Crippen LogP contribution in [0.1, 0.15) is 0 Å². The lowest BCUT2D eigenvalue weighted by Crippen LogP contribution is -2.01. The van der Waals surface area contributed by atoms with Crippen LogP contribution in [0.5, 0.6) is 0 Å². The van der Waals surface area contributed by atoms with Crippen molar-refractivity contribution in [3.63, 3.8) is 0 Å². The van der Waals surface area contributed by atoms with Crippen LogP contribution in [0, 0.1) is 0 Å². The van der Waals surface area contributed by atoms with Gasteiger partial charge in [0.2, 0.25) is 0 Å². The lowest BCUT2D eigenvalue weighted by atomic mass is 9.97. The minimum Gasteiger partial charge on any atom is -0.454 e. The molecule has 0 saturated carbocycles. The Kier molecular flexibility index (Phi) is 7.13. The summed E-state index contributed by atoms with van der Waals surface area (Å²) in [5.41, 5.74) is 9.84. The van der Waals surface area contributed by atoms with Crippen molar-refractivity contribution in [2.75, 3.05) is 0 Å². The Labute approximate surface area is 332 Å². The first-order valence-corrected chi connectivity index (χ1v) is 19.4. The van der Waals surface area contributed by atoms with E-state index in [0.717, 1.165) is 60.9 Å². The summed E-state index contributed by atoms with van der Waals surface area (Å²) < 4.78 is 8.47. The number of fused-ring (bicyclic) bond motifs is 9. The van der Waals surface area contributed by atoms with Crippen LogP contribution in [-0.2, 0) is 0 Å². The van der Waals surface area contributed by atoms with Crippen LogP contribution in [-0.4, -0.2) is 24.5 Å². The van der Waals surface area contributed by atoms with Gasteiger partial charge in [-0.3, -0.25) is 4.98 Å². The fourth-order valence-electron chi connectivity index (χ4n) is 8.61. The lowest BCUT2D eigenvalue weighted by Gasteiger charge is -2.12. The van der Waals surface area contributed by atoms with Crippen molar-refractivity contribution in [1.29, 1.82) is 0 Å². The molecule has 58 heavy (non-hydrogen) atoms. The van der Waals surface area contributed by atoms with Crippen LogP contribution in [0.15, 0.2) is 193 Å². The van der Waals surface area contributed by atoms with Crippen molar-refractivity contribution < 1.29 is 4.42 Å². The Balaban J connectivity index is 1.03. The van der Waals surface area contributed by atoms with Gasteiger partial charge in [-0.15, -0.1) is 0 Å². The highest BCUT2D eigenvalue weighted by atomic mass is 16.3. The van der Waals surface area contributed by atoms with Gasteiger partial charge in [0.05, 0.1) is 17.2 Å². The first kappa shape index (κ1) is 32.3. The molecule has 6 heteroatoms. The molecule has 0 N–H and O–H groups in total. The molecule has 0 fully saturated rings. The fraction of sp³-hybridized carbons (Fsp3) is 0. The largest absolute Gasteiger partial charge is 0.454 e. The van der Waals surface area contributed by atoms with E-state index in [1.807, 2.05) is 18.2 Å². The van der Waals surface area contributed by atoms with Gasteiger partial charge in [0.15, 0.2) is 23.1 Å². The molecule has 8 aromatic carbocycles. The van der Waals surface area contributed by atoms with E-state index in [0.29, 0.717) is 17.5 Å². The summed E-state index contributed by atoms with van der Waals surface area (Å²) in [7, 11) is 0. The summed E-state index contributed by atoms with van der Waals surface area (Å²) in [5, 5.41) is 9.34. The predicted molar refractivity (Wildman–Crippen MR) is 236 cm³/mol. The summed E-state index contributed by atoms with van der Waals surface area (Å²) in [6.07, 6.45) is 3.54. The van der Waals surface area contributed by atoms with Crippen LogP contribution < -0.4 is 0 Å². The molecule has 4 heterocycles. The number of rotatable bonds is 5. The topological polar surface area (TPSA) is 69.6 Å². The Bertz CT molecular complexity index is 3580. The quantitative estimate of drug-likeness (QED) is 0.176. The highest BCUT2D eigenvalue weighted by Crippen LogP contribution is 2.38. The minimum atomic E-state index is 0.581. The molecule has 270 valence electrons. The summed E-state index contributed by atoms with van der Waals surface area (Å²) in [6, 6.07) is 61.8. The number of aromatic nitrogens is 5. The third-order valence-corrected chi connectivity index (χ3v) is 11.3. The second kappa shape index (κ2) is 12.8. The zero-order valence-corrected chi connectivity index (χ0v) is 31.0. The number of para-hydroxylation sites is 1. The number of furan rings is 1. The predicted octanol–water partition coefficient (Wildman–Crippen LogP) is 13.2. The summed E-state index contributed by atoms with van der Waals surface area (Å²) >= 11 is 0. The van der Waals surface area contributed by atoms with Gasteiger partial charge in [-0.1, -0.05) is 127 Å². The molecule has 0 saturated heterocycles. The number of nitrogens with zero attached hydrogens (tertiary/aromatic N) is 5. The Morgan fingerprint density at radius 3 is 1.90 bits per heavy atom. The second-order valence-corrected chi connectivity index (χ2v) is 14.7. The molecular formula is C52H31N5O. The average Bonchev–Trinajstić information content (AvgIpc) is 3.84. The monoisotopic (exact) mass is 741 g/mol. The van der Waals surface area contributed by atoms with E-state index in [1.54, 1.807) is 12.4 Å². The zero-order chi connectivity index (χ0) is 38.2. The number of hydrogen-bond acceptors (Lipinski definition) is 5. The Hall–Kier alpha value is -7.96. The van der Waals surface area contributed by atoms with Gasteiger partial charge in [0.1, 0.15) is 5.58 Å². The van der Waals surface area contributed by atoms with Crippen LogP contribution in [0.4, 0.5) is 0 Å². The van der Waals surface area contributed by atoms with E-state index in [1.165, 1.54) is 37.9 Å². The van der Waals surface area contributed by atoms with Crippen molar-refractivity contribution >= 4 is 65.3 Å². The highest BCUT2D eigenvalue weighted by molar-refractivity contribution is 6.21. The van der Waals surface area contributed by atoms with E-state index in [4.69, 9.17) is 19.4 Å². The van der Waals surface area contributed by atoms with Gasteiger partial charge in [-0.05, 0) is 81.2 Å². The van der Waals surface area contributed by atoms with Gasteiger partial charge < -0.3 is 8.98 Å². The molecule has 0 atom stereocenters. The van der Waals surface area contributed by atoms with Crippen LogP contribution in [0.3, 0.4) is 0 Å². The number of hydrogen-bond donors (Lipinski definition) is 0. The van der Waals surface area contributed by atoms with Crippen molar-refractivity contribution in [3.05, 3.63) is 188 Å². The maximum atomic E-state index is 6.12. The lowest BCUT2D eigenvalue weighted by molar-refractivity contribution is 0.667. The molecule has 0 radical (unpaired) electrons. The molecular weight excluding hydrogens is 711 g/mol. The van der Waals surface area contributed by atoms with E-state index < -0.39 is 0 Å². The number of pyridine rings is 1. The average molecular weight is 742 g/mol. The zero-order valence-electron chi connectivity index (χ0n) is 31.0. The van der Waals surface area contributed by atoms with Gasteiger partial charge in [-0.25, -0.2) is 15.0 Å². The normalized spacial score (nSPS) is 11.8. The first-order valence-electron chi connectivity index (χ1n) is 19.4. The molecule has 6 nitrogen and oxygen atoms in total. The van der Waals surface area contributed by atoms with Gasteiger partial charge in [0, 0.05) is 50.1 Å².